The van der Waals surface area contributed by atoms with Gasteiger partial charge in [-0.2, -0.15) is 0 Å². The highest BCUT2D eigenvalue weighted by molar-refractivity contribution is 6.31. The zero-order valence-electron chi connectivity index (χ0n) is 11.1. The van der Waals surface area contributed by atoms with Crippen molar-refractivity contribution in [3.63, 3.8) is 0 Å². The standard InChI is InChI=1S/C14H19ClN2O2/c1-19-12-3-2-11(13(15)7-12)6-14(18)17-5-4-10(8-16)9-17/h2-3,7,10H,4-6,8-9,16H2,1H3/t10-/m0/s1. The van der Waals surface area contributed by atoms with Crippen LogP contribution in [0.2, 0.25) is 5.02 Å². The quantitative estimate of drug-likeness (QED) is 0.914. The summed E-state index contributed by atoms with van der Waals surface area (Å²) in [5, 5.41) is 0.572. The minimum Gasteiger partial charge on any atom is -0.497 e. The van der Waals surface area contributed by atoms with Crippen LogP contribution in [0.3, 0.4) is 0 Å². The molecule has 0 spiro atoms. The van der Waals surface area contributed by atoms with Gasteiger partial charge in [-0.15, -0.1) is 0 Å². The first-order valence-electron chi connectivity index (χ1n) is 6.44. The number of nitrogens with zero attached hydrogens (tertiary/aromatic N) is 1. The maximum absolute atomic E-state index is 12.2. The summed E-state index contributed by atoms with van der Waals surface area (Å²) >= 11 is 6.14. The van der Waals surface area contributed by atoms with Crippen molar-refractivity contribution < 1.29 is 9.53 Å². The van der Waals surface area contributed by atoms with Gasteiger partial charge in [0.2, 0.25) is 5.91 Å². The number of methoxy groups -OCH3 is 1. The number of carbonyl (C=O) groups excluding carboxylic acids is 1. The minimum atomic E-state index is 0.114. The SMILES string of the molecule is COc1ccc(CC(=O)N2CC[C@@H](CN)C2)c(Cl)c1. The Morgan fingerprint density at radius 2 is 2.37 bits per heavy atom. The van der Waals surface area contributed by atoms with Crippen molar-refractivity contribution in [3.8, 4) is 5.75 Å². The molecule has 5 heteroatoms. The van der Waals surface area contributed by atoms with Gasteiger partial charge in [-0.3, -0.25) is 4.79 Å². The molecule has 0 saturated carbocycles. The Morgan fingerprint density at radius 3 is 2.95 bits per heavy atom. The summed E-state index contributed by atoms with van der Waals surface area (Å²) in [6.07, 6.45) is 1.33. The Labute approximate surface area is 118 Å². The van der Waals surface area contributed by atoms with Crippen molar-refractivity contribution in [2.24, 2.45) is 11.7 Å². The number of likely N-dealkylation sites (tertiary alicyclic amines) is 1. The van der Waals surface area contributed by atoms with Crippen molar-refractivity contribution in [2.45, 2.75) is 12.8 Å². The van der Waals surface area contributed by atoms with E-state index in [1.807, 2.05) is 17.0 Å². The van der Waals surface area contributed by atoms with Gasteiger partial charge in [-0.1, -0.05) is 17.7 Å². The van der Waals surface area contributed by atoms with E-state index in [0.717, 1.165) is 25.1 Å². The fourth-order valence-corrected chi connectivity index (χ4v) is 2.56. The molecule has 1 heterocycles. The maximum Gasteiger partial charge on any atom is 0.227 e. The monoisotopic (exact) mass is 282 g/mol. The summed E-state index contributed by atoms with van der Waals surface area (Å²) in [4.78, 5) is 14.1. The highest BCUT2D eigenvalue weighted by atomic mass is 35.5. The Kier molecular flexibility index (Phi) is 4.66. The number of amides is 1. The number of nitrogens with two attached hydrogens (primary N) is 1. The van der Waals surface area contributed by atoms with E-state index in [-0.39, 0.29) is 5.91 Å². The minimum absolute atomic E-state index is 0.114. The third kappa shape index (κ3) is 3.39. The van der Waals surface area contributed by atoms with E-state index < -0.39 is 0 Å². The summed E-state index contributed by atoms with van der Waals surface area (Å²) in [5.41, 5.74) is 6.47. The topological polar surface area (TPSA) is 55.6 Å². The van der Waals surface area contributed by atoms with Gasteiger partial charge in [0.15, 0.2) is 0 Å². The van der Waals surface area contributed by atoms with E-state index >= 15 is 0 Å². The molecule has 1 aromatic rings. The second-order valence-electron chi connectivity index (χ2n) is 4.86. The Bertz CT molecular complexity index is 465. The fraction of sp³-hybridized carbons (Fsp3) is 0.500. The lowest BCUT2D eigenvalue weighted by Gasteiger charge is -2.17. The fourth-order valence-electron chi connectivity index (χ4n) is 2.32. The summed E-state index contributed by atoms with van der Waals surface area (Å²) in [6, 6.07) is 5.40. The molecular formula is C14H19ClN2O2. The largest absolute Gasteiger partial charge is 0.497 e. The summed E-state index contributed by atoms with van der Waals surface area (Å²) < 4.78 is 5.09. The van der Waals surface area contributed by atoms with Crippen LogP contribution in [0.15, 0.2) is 18.2 Å². The molecule has 1 amide bonds. The van der Waals surface area contributed by atoms with Gasteiger partial charge in [-0.25, -0.2) is 0 Å². The van der Waals surface area contributed by atoms with Gasteiger partial charge in [-0.05, 0) is 36.6 Å². The van der Waals surface area contributed by atoms with Crippen LogP contribution >= 0.6 is 11.6 Å². The van der Waals surface area contributed by atoms with E-state index in [4.69, 9.17) is 22.1 Å². The number of hydrogen-bond acceptors (Lipinski definition) is 3. The first-order chi connectivity index (χ1) is 9.13. The number of halogens is 1. The van der Waals surface area contributed by atoms with E-state index in [2.05, 4.69) is 0 Å². The summed E-state index contributed by atoms with van der Waals surface area (Å²) in [7, 11) is 1.59. The normalized spacial score (nSPS) is 18.7. The zero-order chi connectivity index (χ0) is 13.8. The number of benzene rings is 1. The lowest BCUT2D eigenvalue weighted by molar-refractivity contribution is -0.129. The maximum atomic E-state index is 12.2. The van der Waals surface area contributed by atoms with Gasteiger partial charge in [0.1, 0.15) is 5.75 Å². The molecule has 0 radical (unpaired) electrons. The zero-order valence-corrected chi connectivity index (χ0v) is 11.8. The average Bonchev–Trinajstić information content (AvgIpc) is 2.90. The van der Waals surface area contributed by atoms with Crippen LogP contribution in [0.25, 0.3) is 0 Å². The lowest BCUT2D eigenvalue weighted by atomic mass is 10.1. The Hall–Kier alpha value is -1.26. The molecule has 1 aliphatic rings. The third-order valence-corrected chi connectivity index (χ3v) is 3.93. The first kappa shape index (κ1) is 14.2. The van der Waals surface area contributed by atoms with Crippen LogP contribution in [0, 0.1) is 5.92 Å². The van der Waals surface area contributed by atoms with Gasteiger partial charge in [0.25, 0.3) is 0 Å². The van der Waals surface area contributed by atoms with Crippen LogP contribution in [-0.2, 0) is 11.2 Å². The molecule has 2 rings (SSSR count). The van der Waals surface area contributed by atoms with Crippen LogP contribution in [0.5, 0.6) is 5.75 Å². The summed E-state index contributed by atoms with van der Waals surface area (Å²) in [5.74, 6) is 1.25. The highest BCUT2D eigenvalue weighted by Crippen LogP contribution is 2.24. The predicted molar refractivity (Wildman–Crippen MR) is 75.4 cm³/mol. The lowest BCUT2D eigenvalue weighted by Crippen LogP contribution is -2.31. The van der Waals surface area contributed by atoms with E-state index in [0.29, 0.717) is 29.7 Å². The highest BCUT2D eigenvalue weighted by Gasteiger charge is 2.25. The molecular weight excluding hydrogens is 264 g/mol. The molecule has 2 N–H and O–H groups in total. The van der Waals surface area contributed by atoms with Crippen molar-refractivity contribution in [3.05, 3.63) is 28.8 Å². The molecule has 1 aliphatic heterocycles. The third-order valence-electron chi connectivity index (χ3n) is 3.57. The van der Waals surface area contributed by atoms with E-state index in [1.165, 1.54) is 0 Å². The predicted octanol–water partition coefficient (Wildman–Crippen LogP) is 1.70. The van der Waals surface area contributed by atoms with Gasteiger partial charge >= 0.3 is 0 Å². The molecule has 104 valence electrons. The van der Waals surface area contributed by atoms with Crippen LogP contribution in [0.4, 0.5) is 0 Å². The molecule has 19 heavy (non-hydrogen) atoms. The average molecular weight is 283 g/mol. The van der Waals surface area contributed by atoms with E-state index in [9.17, 15) is 4.79 Å². The first-order valence-corrected chi connectivity index (χ1v) is 6.82. The second-order valence-corrected chi connectivity index (χ2v) is 5.27. The van der Waals surface area contributed by atoms with Gasteiger partial charge in [0.05, 0.1) is 13.5 Å². The van der Waals surface area contributed by atoms with E-state index in [1.54, 1.807) is 13.2 Å². The van der Waals surface area contributed by atoms with Crippen molar-refractivity contribution in [1.82, 2.24) is 4.90 Å². The molecule has 1 fully saturated rings. The molecule has 0 bridgehead atoms. The smallest absolute Gasteiger partial charge is 0.227 e. The van der Waals surface area contributed by atoms with Crippen LogP contribution < -0.4 is 10.5 Å². The van der Waals surface area contributed by atoms with Gasteiger partial charge in [0, 0.05) is 18.1 Å². The second kappa shape index (κ2) is 6.26. The Balaban J connectivity index is 1.99. The van der Waals surface area contributed by atoms with Crippen LogP contribution in [-0.4, -0.2) is 37.6 Å². The molecule has 0 aliphatic carbocycles. The Morgan fingerprint density at radius 1 is 1.58 bits per heavy atom. The summed E-state index contributed by atoms with van der Waals surface area (Å²) in [6.45, 7) is 2.21. The molecule has 0 aromatic heterocycles. The molecule has 1 saturated heterocycles. The van der Waals surface area contributed by atoms with Crippen molar-refractivity contribution in [1.29, 1.82) is 0 Å². The van der Waals surface area contributed by atoms with Crippen molar-refractivity contribution in [2.75, 3.05) is 26.7 Å². The van der Waals surface area contributed by atoms with Crippen molar-refractivity contribution >= 4 is 17.5 Å². The van der Waals surface area contributed by atoms with Crippen LogP contribution in [0.1, 0.15) is 12.0 Å². The molecule has 4 nitrogen and oxygen atoms in total. The van der Waals surface area contributed by atoms with Gasteiger partial charge < -0.3 is 15.4 Å². The number of hydrogen-bond donors (Lipinski definition) is 1. The number of ether oxygens (including phenoxy) is 1. The number of rotatable bonds is 4. The molecule has 0 unspecified atom stereocenters. The molecule has 1 aromatic carbocycles. The molecule has 1 atom stereocenters. The number of carbonyl (C=O) groups is 1.